The zero-order chi connectivity index (χ0) is 13.9. The monoisotopic (exact) mass is 272 g/mol. The van der Waals surface area contributed by atoms with E-state index in [0.29, 0.717) is 12.0 Å². The minimum atomic E-state index is 0.655. The van der Waals surface area contributed by atoms with Gasteiger partial charge in [-0.25, -0.2) is 0 Å². The van der Waals surface area contributed by atoms with E-state index in [1.807, 2.05) is 0 Å². The summed E-state index contributed by atoms with van der Waals surface area (Å²) in [6, 6.07) is 13.3. The lowest BCUT2D eigenvalue weighted by Gasteiger charge is -2.20. The van der Waals surface area contributed by atoms with Crippen LogP contribution in [0.3, 0.4) is 0 Å². The highest BCUT2D eigenvalue weighted by Crippen LogP contribution is 2.33. The third-order valence-electron chi connectivity index (χ3n) is 5.02. The fourth-order valence-electron chi connectivity index (χ4n) is 3.57. The van der Waals surface area contributed by atoms with Gasteiger partial charge in [-0.05, 0) is 50.6 Å². The number of nitrogens with one attached hydrogen (secondary N) is 1. The molecule has 110 valence electrons. The van der Waals surface area contributed by atoms with E-state index < -0.39 is 0 Å². The van der Waals surface area contributed by atoms with Crippen molar-refractivity contribution in [3.05, 3.63) is 35.9 Å². The van der Waals surface area contributed by atoms with Gasteiger partial charge in [-0.15, -0.1) is 0 Å². The fourth-order valence-corrected chi connectivity index (χ4v) is 3.57. The summed E-state index contributed by atoms with van der Waals surface area (Å²) in [5, 5.41) is 3.78. The van der Waals surface area contributed by atoms with Crippen molar-refractivity contribution in [2.75, 3.05) is 13.1 Å². The largest absolute Gasteiger partial charge is 0.313 e. The molecule has 0 aromatic heterocycles. The van der Waals surface area contributed by atoms with Crippen molar-refractivity contribution in [1.29, 1.82) is 0 Å². The summed E-state index contributed by atoms with van der Waals surface area (Å²) in [4.78, 5) is 2.72. The van der Waals surface area contributed by atoms with E-state index in [1.54, 1.807) is 0 Å². The molecule has 1 aromatic rings. The molecule has 1 heterocycles. The first-order chi connectivity index (χ1) is 9.74. The van der Waals surface area contributed by atoms with E-state index in [2.05, 4.69) is 54.4 Å². The van der Waals surface area contributed by atoms with Crippen LogP contribution in [0.4, 0.5) is 0 Å². The first-order valence-electron chi connectivity index (χ1n) is 8.28. The summed E-state index contributed by atoms with van der Waals surface area (Å²) in [5.74, 6) is 0.655. The Morgan fingerprint density at radius 2 is 2.00 bits per heavy atom. The van der Waals surface area contributed by atoms with Crippen molar-refractivity contribution >= 4 is 0 Å². The summed E-state index contributed by atoms with van der Waals surface area (Å²) in [6.07, 6.45) is 5.43. The van der Waals surface area contributed by atoms with Crippen molar-refractivity contribution in [3.8, 4) is 0 Å². The Balaban J connectivity index is 1.40. The van der Waals surface area contributed by atoms with Gasteiger partial charge in [0.15, 0.2) is 0 Å². The molecule has 3 atom stereocenters. The Labute approximate surface area is 123 Å². The van der Waals surface area contributed by atoms with Gasteiger partial charge in [-0.1, -0.05) is 37.3 Å². The van der Waals surface area contributed by atoms with E-state index in [-0.39, 0.29) is 0 Å². The molecule has 0 radical (unpaired) electrons. The first kappa shape index (κ1) is 14.1. The molecule has 2 heteroatoms. The molecule has 1 saturated carbocycles. The number of hydrogen-bond donors (Lipinski definition) is 1. The Morgan fingerprint density at radius 1 is 1.25 bits per heavy atom. The van der Waals surface area contributed by atoms with Crippen molar-refractivity contribution in [3.63, 3.8) is 0 Å². The second-order valence-electron chi connectivity index (χ2n) is 6.76. The summed E-state index contributed by atoms with van der Waals surface area (Å²) in [7, 11) is 0. The molecule has 0 amide bonds. The fraction of sp³-hybridized carbons (Fsp3) is 0.667. The van der Waals surface area contributed by atoms with Crippen LogP contribution in [0, 0.1) is 0 Å². The van der Waals surface area contributed by atoms with Crippen LogP contribution < -0.4 is 5.32 Å². The zero-order valence-corrected chi connectivity index (χ0v) is 12.9. The predicted octanol–water partition coefficient (Wildman–Crippen LogP) is 3.40. The van der Waals surface area contributed by atoms with Crippen LogP contribution in [0.15, 0.2) is 30.3 Å². The van der Waals surface area contributed by atoms with E-state index in [4.69, 9.17) is 0 Å². The smallest absolute Gasteiger partial charge is 0.0210 e. The molecular weight excluding hydrogens is 244 g/mol. The second kappa shape index (κ2) is 6.28. The molecule has 0 bridgehead atoms. The molecule has 2 nitrogen and oxygen atoms in total. The molecule has 1 N–H and O–H groups in total. The molecule has 2 fully saturated rings. The Morgan fingerprint density at radius 3 is 2.70 bits per heavy atom. The Hall–Kier alpha value is -0.860. The molecule has 0 spiro atoms. The van der Waals surface area contributed by atoms with Crippen LogP contribution in [0.1, 0.15) is 51.0 Å². The maximum atomic E-state index is 3.78. The third-order valence-corrected chi connectivity index (χ3v) is 5.02. The Bertz CT molecular complexity index is 413. The van der Waals surface area contributed by atoms with Gasteiger partial charge in [0.1, 0.15) is 0 Å². The lowest BCUT2D eigenvalue weighted by Crippen LogP contribution is -2.34. The third kappa shape index (κ3) is 3.42. The summed E-state index contributed by atoms with van der Waals surface area (Å²) in [5.41, 5.74) is 1.47. The van der Waals surface area contributed by atoms with Crippen LogP contribution in [-0.2, 0) is 0 Å². The number of rotatable bonds is 6. The summed E-state index contributed by atoms with van der Waals surface area (Å²) >= 11 is 0. The van der Waals surface area contributed by atoms with E-state index in [9.17, 15) is 0 Å². The second-order valence-corrected chi connectivity index (χ2v) is 6.76. The van der Waals surface area contributed by atoms with Gasteiger partial charge in [0, 0.05) is 24.7 Å². The molecule has 1 aliphatic heterocycles. The molecule has 1 aliphatic carbocycles. The van der Waals surface area contributed by atoms with Crippen LogP contribution in [0.25, 0.3) is 0 Å². The molecule has 1 aromatic carbocycles. The highest BCUT2D eigenvalue weighted by molar-refractivity contribution is 5.18. The average molecular weight is 272 g/mol. The highest BCUT2D eigenvalue weighted by atomic mass is 15.3. The molecule has 20 heavy (non-hydrogen) atoms. The van der Waals surface area contributed by atoms with Crippen LogP contribution in [0.5, 0.6) is 0 Å². The van der Waals surface area contributed by atoms with Gasteiger partial charge < -0.3 is 5.32 Å². The number of benzene rings is 1. The SMILES string of the molecule is CC(CCNC1CC(C)N(C2CC2)C1)c1ccccc1. The van der Waals surface area contributed by atoms with Gasteiger partial charge in [0.05, 0.1) is 0 Å². The van der Waals surface area contributed by atoms with Gasteiger partial charge in [0.2, 0.25) is 0 Å². The zero-order valence-electron chi connectivity index (χ0n) is 12.9. The lowest BCUT2D eigenvalue weighted by molar-refractivity contribution is 0.255. The maximum absolute atomic E-state index is 3.78. The van der Waals surface area contributed by atoms with Gasteiger partial charge in [-0.3, -0.25) is 4.90 Å². The summed E-state index contributed by atoms with van der Waals surface area (Å²) in [6.45, 7) is 7.15. The van der Waals surface area contributed by atoms with Crippen LogP contribution >= 0.6 is 0 Å². The minimum Gasteiger partial charge on any atom is -0.313 e. The van der Waals surface area contributed by atoms with Gasteiger partial charge in [0.25, 0.3) is 0 Å². The van der Waals surface area contributed by atoms with Crippen LogP contribution in [0.2, 0.25) is 0 Å². The number of likely N-dealkylation sites (tertiary alicyclic amines) is 1. The van der Waals surface area contributed by atoms with Crippen LogP contribution in [-0.4, -0.2) is 36.1 Å². The molecular formula is C18H28N2. The van der Waals surface area contributed by atoms with E-state index >= 15 is 0 Å². The maximum Gasteiger partial charge on any atom is 0.0210 e. The van der Waals surface area contributed by atoms with Gasteiger partial charge >= 0.3 is 0 Å². The van der Waals surface area contributed by atoms with E-state index in [1.165, 1.54) is 37.8 Å². The number of hydrogen-bond acceptors (Lipinski definition) is 2. The van der Waals surface area contributed by atoms with Crippen molar-refractivity contribution in [2.24, 2.45) is 0 Å². The standard InChI is InChI=1S/C18H28N2/c1-14(16-6-4-3-5-7-16)10-11-19-17-12-15(2)20(13-17)18-8-9-18/h3-7,14-15,17-19H,8-13H2,1-2H3. The predicted molar refractivity (Wildman–Crippen MR) is 85.1 cm³/mol. The number of nitrogens with zero attached hydrogens (tertiary/aromatic N) is 1. The van der Waals surface area contributed by atoms with Gasteiger partial charge in [-0.2, -0.15) is 0 Å². The van der Waals surface area contributed by atoms with Crippen molar-refractivity contribution in [1.82, 2.24) is 10.2 Å². The normalized spacial score (nSPS) is 28.7. The first-order valence-corrected chi connectivity index (χ1v) is 8.28. The molecule has 1 saturated heterocycles. The average Bonchev–Trinajstić information content (AvgIpc) is 3.24. The quantitative estimate of drug-likeness (QED) is 0.854. The lowest BCUT2D eigenvalue weighted by atomic mass is 9.98. The van der Waals surface area contributed by atoms with Crippen molar-refractivity contribution in [2.45, 2.75) is 63.6 Å². The minimum absolute atomic E-state index is 0.655. The molecule has 3 unspecified atom stereocenters. The molecule has 3 rings (SSSR count). The van der Waals surface area contributed by atoms with E-state index in [0.717, 1.165) is 18.6 Å². The van der Waals surface area contributed by atoms with Crippen molar-refractivity contribution < 1.29 is 0 Å². The summed E-state index contributed by atoms with van der Waals surface area (Å²) < 4.78 is 0. The topological polar surface area (TPSA) is 15.3 Å². The Kier molecular flexibility index (Phi) is 4.42. The molecule has 2 aliphatic rings. The highest BCUT2D eigenvalue weighted by Gasteiger charge is 2.38.